The Labute approximate surface area is 130 Å². The molecule has 0 aromatic heterocycles. The number of nitrogens with zero attached hydrogens (tertiary/aromatic N) is 1. The Hall–Kier alpha value is -2.19. The number of sulfonamides is 1. The van der Waals surface area contributed by atoms with Crippen molar-refractivity contribution in [2.24, 2.45) is 0 Å². The maximum Gasteiger partial charge on any atom is 0.275 e. The predicted octanol–water partition coefficient (Wildman–Crippen LogP) is 3.50. The number of hydrogen-bond acceptors (Lipinski definition) is 4. The summed E-state index contributed by atoms with van der Waals surface area (Å²) < 4.78 is 40.0. The number of hydrogen-bond donors (Lipinski definition) is 1. The number of halogens is 2. The van der Waals surface area contributed by atoms with Crippen molar-refractivity contribution in [2.45, 2.75) is 11.8 Å². The minimum Gasteiger partial charge on any atom is -0.277 e. The number of nitrogens with one attached hydrogen (secondary N) is 1. The Morgan fingerprint density at radius 1 is 1.27 bits per heavy atom. The van der Waals surface area contributed by atoms with Gasteiger partial charge >= 0.3 is 0 Å². The van der Waals surface area contributed by atoms with Gasteiger partial charge in [-0.1, -0.05) is 23.7 Å². The zero-order valence-corrected chi connectivity index (χ0v) is 12.8. The van der Waals surface area contributed by atoms with E-state index in [1.165, 1.54) is 25.1 Å². The average Bonchev–Trinajstić information content (AvgIpc) is 2.43. The summed E-state index contributed by atoms with van der Waals surface area (Å²) in [5.74, 6) is -0.765. The molecule has 2 rings (SSSR count). The van der Waals surface area contributed by atoms with Crippen molar-refractivity contribution in [3.05, 3.63) is 62.9 Å². The normalized spacial score (nSPS) is 11.2. The van der Waals surface area contributed by atoms with Crippen molar-refractivity contribution in [3.63, 3.8) is 0 Å². The van der Waals surface area contributed by atoms with Crippen molar-refractivity contribution in [2.75, 3.05) is 4.72 Å². The maximum atomic E-state index is 13.5. The highest BCUT2D eigenvalue weighted by Gasteiger charge is 2.23. The third-order valence-electron chi connectivity index (χ3n) is 2.92. The lowest BCUT2D eigenvalue weighted by Crippen LogP contribution is -2.14. The zero-order chi connectivity index (χ0) is 16.5. The second-order valence-electron chi connectivity index (χ2n) is 4.39. The van der Waals surface area contributed by atoms with E-state index in [1.54, 1.807) is 0 Å². The molecule has 0 radical (unpaired) electrons. The number of para-hydroxylation sites is 1. The summed E-state index contributed by atoms with van der Waals surface area (Å²) in [7, 11) is -4.21. The van der Waals surface area contributed by atoms with Gasteiger partial charge in [-0.25, -0.2) is 12.8 Å². The van der Waals surface area contributed by atoms with Crippen molar-refractivity contribution < 1.29 is 17.7 Å². The van der Waals surface area contributed by atoms with Crippen LogP contribution in [0.3, 0.4) is 0 Å². The SMILES string of the molecule is Cc1c(Cl)cc(S(=O)(=O)Nc2ccccc2F)cc1[N+](=O)[O-]. The Kier molecular flexibility index (Phi) is 4.34. The molecule has 0 unspecified atom stereocenters. The van der Waals surface area contributed by atoms with Crippen LogP contribution in [0.5, 0.6) is 0 Å². The van der Waals surface area contributed by atoms with Crippen LogP contribution >= 0.6 is 11.6 Å². The summed E-state index contributed by atoms with van der Waals surface area (Å²) in [6.45, 7) is 1.40. The molecule has 9 heteroatoms. The third kappa shape index (κ3) is 3.18. The van der Waals surface area contributed by atoms with E-state index in [1.807, 2.05) is 4.72 Å². The van der Waals surface area contributed by atoms with Gasteiger partial charge in [0.2, 0.25) is 0 Å². The van der Waals surface area contributed by atoms with Crippen LogP contribution in [0.4, 0.5) is 15.8 Å². The lowest BCUT2D eigenvalue weighted by Gasteiger charge is -2.10. The van der Waals surface area contributed by atoms with Gasteiger partial charge in [-0.2, -0.15) is 0 Å². The van der Waals surface area contributed by atoms with Crippen LogP contribution in [0.1, 0.15) is 5.56 Å². The first-order chi connectivity index (χ1) is 10.2. The fourth-order valence-electron chi connectivity index (χ4n) is 1.73. The monoisotopic (exact) mass is 344 g/mol. The molecule has 0 atom stereocenters. The lowest BCUT2D eigenvalue weighted by molar-refractivity contribution is -0.385. The van der Waals surface area contributed by atoms with Gasteiger partial charge in [0.05, 0.1) is 20.5 Å². The smallest absolute Gasteiger partial charge is 0.275 e. The van der Waals surface area contributed by atoms with Gasteiger partial charge in [-0.15, -0.1) is 0 Å². The van der Waals surface area contributed by atoms with Crippen molar-refractivity contribution in [3.8, 4) is 0 Å². The number of benzene rings is 2. The zero-order valence-electron chi connectivity index (χ0n) is 11.2. The second kappa shape index (κ2) is 5.90. The van der Waals surface area contributed by atoms with Crippen LogP contribution in [-0.4, -0.2) is 13.3 Å². The van der Waals surface area contributed by atoms with Crippen molar-refractivity contribution in [1.29, 1.82) is 0 Å². The molecular weight excluding hydrogens is 335 g/mol. The quantitative estimate of drug-likeness (QED) is 0.679. The van der Waals surface area contributed by atoms with Crippen LogP contribution in [-0.2, 0) is 10.0 Å². The number of nitro benzene ring substituents is 1. The molecule has 0 spiro atoms. The minimum atomic E-state index is -4.21. The molecule has 116 valence electrons. The molecular formula is C13H10ClFN2O4S. The third-order valence-corrected chi connectivity index (χ3v) is 4.65. The van der Waals surface area contributed by atoms with Gasteiger partial charge in [0, 0.05) is 11.6 Å². The molecule has 0 aliphatic heterocycles. The molecule has 1 N–H and O–H groups in total. The van der Waals surface area contributed by atoms with Crippen LogP contribution in [0, 0.1) is 22.9 Å². The highest BCUT2D eigenvalue weighted by molar-refractivity contribution is 7.92. The average molecular weight is 345 g/mol. The fraction of sp³-hybridized carbons (Fsp3) is 0.0769. The van der Waals surface area contributed by atoms with E-state index in [-0.39, 0.29) is 16.3 Å². The summed E-state index contributed by atoms with van der Waals surface area (Å²) in [5, 5.41) is 10.9. The molecule has 2 aromatic rings. The van der Waals surface area contributed by atoms with Crippen molar-refractivity contribution >= 4 is 33.0 Å². The summed E-state index contributed by atoms with van der Waals surface area (Å²) in [6, 6.07) is 7.13. The van der Waals surface area contributed by atoms with E-state index in [0.29, 0.717) is 0 Å². The van der Waals surface area contributed by atoms with E-state index < -0.39 is 31.3 Å². The standard InChI is InChI=1S/C13H10ClFN2O4S/c1-8-10(14)6-9(7-13(8)17(18)19)22(20,21)16-12-5-3-2-4-11(12)15/h2-7,16H,1H3. The lowest BCUT2D eigenvalue weighted by atomic mass is 10.2. The second-order valence-corrected chi connectivity index (χ2v) is 6.48. The fourth-order valence-corrected chi connectivity index (χ4v) is 3.12. The molecule has 0 aliphatic carbocycles. The summed E-state index contributed by atoms with van der Waals surface area (Å²) in [6.07, 6.45) is 0. The van der Waals surface area contributed by atoms with Gasteiger partial charge in [-0.05, 0) is 25.1 Å². The number of rotatable bonds is 4. The first kappa shape index (κ1) is 16.2. The van der Waals surface area contributed by atoms with Gasteiger partial charge in [0.1, 0.15) is 5.82 Å². The molecule has 0 saturated carbocycles. The highest BCUT2D eigenvalue weighted by atomic mass is 35.5. The summed E-state index contributed by atoms with van der Waals surface area (Å²) in [4.78, 5) is 9.79. The first-order valence-corrected chi connectivity index (χ1v) is 7.80. The molecule has 0 fully saturated rings. The Balaban J connectivity index is 2.51. The summed E-state index contributed by atoms with van der Waals surface area (Å²) >= 11 is 5.83. The largest absolute Gasteiger partial charge is 0.277 e. The van der Waals surface area contributed by atoms with E-state index >= 15 is 0 Å². The van der Waals surface area contributed by atoms with Gasteiger partial charge in [-0.3, -0.25) is 14.8 Å². The van der Waals surface area contributed by atoms with Crippen LogP contribution in [0.25, 0.3) is 0 Å². The molecule has 0 bridgehead atoms. The molecule has 2 aromatic carbocycles. The van der Waals surface area contributed by atoms with E-state index in [9.17, 15) is 22.9 Å². The van der Waals surface area contributed by atoms with Crippen LogP contribution in [0.2, 0.25) is 5.02 Å². The maximum absolute atomic E-state index is 13.5. The molecule has 22 heavy (non-hydrogen) atoms. The van der Waals surface area contributed by atoms with E-state index in [4.69, 9.17) is 11.6 Å². The van der Waals surface area contributed by atoms with Gasteiger partial charge in [0.15, 0.2) is 0 Å². The predicted molar refractivity (Wildman–Crippen MR) is 80.1 cm³/mol. The van der Waals surface area contributed by atoms with Crippen LogP contribution < -0.4 is 4.72 Å². The highest BCUT2D eigenvalue weighted by Crippen LogP contribution is 2.30. The van der Waals surface area contributed by atoms with E-state index in [2.05, 4.69) is 0 Å². The minimum absolute atomic E-state index is 0.0666. The Morgan fingerprint density at radius 3 is 2.50 bits per heavy atom. The van der Waals surface area contributed by atoms with E-state index in [0.717, 1.165) is 18.2 Å². The van der Waals surface area contributed by atoms with Crippen LogP contribution in [0.15, 0.2) is 41.3 Å². The number of anilines is 1. The van der Waals surface area contributed by atoms with Gasteiger partial charge < -0.3 is 0 Å². The first-order valence-electron chi connectivity index (χ1n) is 5.94. The molecule has 0 aliphatic rings. The Morgan fingerprint density at radius 2 is 1.91 bits per heavy atom. The molecule has 0 heterocycles. The topological polar surface area (TPSA) is 89.3 Å². The van der Waals surface area contributed by atoms with Crippen molar-refractivity contribution in [1.82, 2.24) is 0 Å². The van der Waals surface area contributed by atoms with Gasteiger partial charge in [0.25, 0.3) is 15.7 Å². The summed E-state index contributed by atoms with van der Waals surface area (Å²) in [5.41, 5.74) is -0.542. The number of nitro groups is 1. The Bertz CT molecular complexity index is 855. The molecule has 0 saturated heterocycles. The molecule has 0 amide bonds. The molecule has 6 nitrogen and oxygen atoms in total.